The van der Waals surface area contributed by atoms with E-state index in [9.17, 15) is 9.59 Å². The molecule has 0 N–H and O–H groups in total. The smallest absolute Gasteiger partial charge is 0.229 e. The minimum Gasteiger partial charge on any atom is -0.298 e. The third-order valence-electron chi connectivity index (χ3n) is 4.52. The molecule has 0 spiro atoms. The number of aromatic nitrogens is 4. The van der Waals surface area contributed by atoms with Crippen molar-refractivity contribution < 1.29 is 9.59 Å². The zero-order chi connectivity index (χ0) is 19.3. The van der Waals surface area contributed by atoms with Crippen molar-refractivity contribution in [2.75, 3.05) is 12.3 Å². The number of pyridine rings is 1. The Labute approximate surface area is 166 Å². The molecule has 1 saturated heterocycles. The Morgan fingerprint density at radius 3 is 2.46 bits per heavy atom. The number of nitrogens with zero attached hydrogens (tertiary/aromatic N) is 5. The van der Waals surface area contributed by atoms with Gasteiger partial charge in [-0.3, -0.25) is 24.0 Å². The van der Waals surface area contributed by atoms with Crippen LogP contribution >= 0.6 is 11.8 Å². The minimum absolute atomic E-state index is 0.0904. The molecule has 3 heterocycles. The van der Waals surface area contributed by atoms with Gasteiger partial charge in [0.1, 0.15) is 0 Å². The lowest BCUT2D eigenvalue weighted by Crippen LogP contribution is -2.31. The summed E-state index contributed by atoms with van der Waals surface area (Å²) < 4.78 is 2.05. The fraction of sp³-hybridized carbons (Fsp3) is 0.250. The Morgan fingerprint density at radius 2 is 1.75 bits per heavy atom. The molecule has 2 aromatic heterocycles. The summed E-state index contributed by atoms with van der Waals surface area (Å²) in [7, 11) is 0. The number of imide groups is 1. The molecule has 2 amide bonds. The highest BCUT2D eigenvalue weighted by molar-refractivity contribution is 7.99. The number of hydrogen-bond donors (Lipinski definition) is 0. The fourth-order valence-corrected chi connectivity index (χ4v) is 3.97. The Hall–Kier alpha value is -3.00. The van der Waals surface area contributed by atoms with Crippen LogP contribution in [0.4, 0.5) is 0 Å². The predicted octanol–water partition coefficient (Wildman–Crippen LogP) is 2.63. The zero-order valence-electron chi connectivity index (χ0n) is 15.2. The first-order valence-electron chi connectivity index (χ1n) is 9.06. The SMILES string of the molecule is O=C1CCC(=O)N1CCSc1nnc(-c2cccnc2)n1Cc1ccccc1. The van der Waals surface area contributed by atoms with Crippen molar-refractivity contribution in [2.45, 2.75) is 24.5 Å². The first-order chi connectivity index (χ1) is 13.7. The van der Waals surface area contributed by atoms with E-state index in [0.29, 0.717) is 31.7 Å². The fourth-order valence-electron chi connectivity index (χ4n) is 3.11. The predicted molar refractivity (Wildman–Crippen MR) is 105 cm³/mol. The van der Waals surface area contributed by atoms with Crippen LogP contribution in [0.3, 0.4) is 0 Å². The summed E-state index contributed by atoms with van der Waals surface area (Å²) in [4.78, 5) is 29.1. The van der Waals surface area contributed by atoms with Crippen molar-refractivity contribution in [1.29, 1.82) is 0 Å². The Bertz CT molecular complexity index is 959. The maximum absolute atomic E-state index is 11.8. The van der Waals surface area contributed by atoms with Crippen molar-refractivity contribution in [2.24, 2.45) is 0 Å². The molecule has 8 heteroatoms. The third-order valence-corrected chi connectivity index (χ3v) is 5.47. The van der Waals surface area contributed by atoms with Crippen LogP contribution in [-0.4, -0.2) is 48.8 Å². The summed E-state index contributed by atoms with van der Waals surface area (Å²) in [5.74, 6) is 1.14. The van der Waals surface area contributed by atoms with Crippen molar-refractivity contribution in [1.82, 2.24) is 24.6 Å². The molecule has 0 aliphatic carbocycles. The van der Waals surface area contributed by atoms with E-state index in [1.807, 2.05) is 34.9 Å². The van der Waals surface area contributed by atoms with Crippen molar-refractivity contribution in [3.8, 4) is 11.4 Å². The quantitative estimate of drug-likeness (QED) is 0.453. The minimum atomic E-state index is -0.0904. The standard InChI is InChI=1S/C20H19N5O2S/c26-17-8-9-18(27)24(17)11-12-28-20-23-22-19(16-7-4-10-21-13-16)25(20)14-15-5-2-1-3-6-15/h1-7,10,13H,8-9,11-12,14H2. The van der Waals surface area contributed by atoms with Gasteiger partial charge in [-0.25, -0.2) is 0 Å². The molecule has 0 radical (unpaired) electrons. The van der Waals surface area contributed by atoms with Crippen LogP contribution in [-0.2, 0) is 16.1 Å². The molecule has 1 aliphatic heterocycles. The first-order valence-corrected chi connectivity index (χ1v) is 10.0. The maximum atomic E-state index is 11.8. The highest BCUT2D eigenvalue weighted by Gasteiger charge is 2.28. The van der Waals surface area contributed by atoms with Crippen LogP contribution in [0.25, 0.3) is 11.4 Å². The zero-order valence-corrected chi connectivity index (χ0v) is 16.0. The number of amides is 2. The average Bonchev–Trinajstić information content (AvgIpc) is 3.27. The summed E-state index contributed by atoms with van der Waals surface area (Å²) in [5.41, 5.74) is 2.03. The largest absolute Gasteiger partial charge is 0.298 e. The van der Waals surface area contributed by atoms with E-state index in [0.717, 1.165) is 22.1 Å². The van der Waals surface area contributed by atoms with Crippen LogP contribution in [0.2, 0.25) is 0 Å². The second-order valence-corrected chi connectivity index (χ2v) is 7.47. The van der Waals surface area contributed by atoms with Gasteiger partial charge in [0, 0.05) is 43.1 Å². The van der Waals surface area contributed by atoms with Gasteiger partial charge in [0.15, 0.2) is 11.0 Å². The van der Waals surface area contributed by atoms with Gasteiger partial charge < -0.3 is 0 Å². The summed E-state index contributed by atoms with van der Waals surface area (Å²) in [6.07, 6.45) is 4.13. The van der Waals surface area contributed by atoms with E-state index in [-0.39, 0.29) is 11.8 Å². The van der Waals surface area contributed by atoms with E-state index in [1.165, 1.54) is 16.7 Å². The van der Waals surface area contributed by atoms with E-state index in [1.54, 1.807) is 12.4 Å². The van der Waals surface area contributed by atoms with Gasteiger partial charge in [-0.1, -0.05) is 42.1 Å². The topological polar surface area (TPSA) is 81.0 Å². The summed E-state index contributed by atoms with van der Waals surface area (Å²) in [6.45, 7) is 1.02. The van der Waals surface area contributed by atoms with Gasteiger partial charge in [-0.15, -0.1) is 10.2 Å². The molecular formula is C20H19N5O2S. The lowest BCUT2D eigenvalue weighted by Gasteiger charge is -2.14. The number of likely N-dealkylation sites (tertiary alicyclic amines) is 1. The van der Waals surface area contributed by atoms with E-state index in [2.05, 4.69) is 27.3 Å². The third kappa shape index (κ3) is 3.96. The average molecular weight is 393 g/mol. The molecule has 3 aromatic rings. The molecule has 28 heavy (non-hydrogen) atoms. The van der Waals surface area contributed by atoms with Crippen LogP contribution in [0.15, 0.2) is 60.0 Å². The van der Waals surface area contributed by atoms with Crippen LogP contribution in [0, 0.1) is 0 Å². The molecule has 0 saturated carbocycles. The normalized spacial score (nSPS) is 14.1. The van der Waals surface area contributed by atoms with Gasteiger partial charge in [0.05, 0.1) is 6.54 Å². The summed E-state index contributed by atoms with van der Waals surface area (Å²) in [5, 5.41) is 9.47. The molecule has 4 rings (SSSR count). The highest BCUT2D eigenvalue weighted by atomic mass is 32.2. The molecular weight excluding hydrogens is 374 g/mol. The number of rotatable bonds is 7. The molecule has 0 bridgehead atoms. The second kappa shape index (κ2) is 8.35. The van der Waals surface area contributed by atoms with Crippen LogP contribution in [0.1, 0.15) is 18.4 Å². The Morgan fingerprint density at radius 1 is 0.964 bits per heavy atom. The van der Waals surface area contributed by atoms with Gasteiger partial charge in [0.25, 0.3) is 0 Å². The Kier molecular flexibility index (Phi) is 5.48. The van der Waals surface area contributed by atoms with Crippen LogP contribution < -0.4 is 0 Å². The van der Waals surface area contributed by atoms with Crippen molar-refractivity contribution >= 4 is 23.6 Å². The molecule has 1 fully saturated rings. The number of benzene rings is 1. The molecule has 1 aliphatic rings. The monoisotopic (exact) mass is 393 g/mol. The molecule has 7 nitrogen and oxygen atoms in total. The number of carbonyl (C=O) groups is 2. The first kappa shape index (κ1) is 18.4. The van der Waals surface area contributed by atoms with Gasteiger partial charge in [-0.2, -0.15) is 0 Å². The second-order valence-electron chi connectivity index (χ2n) is 6.41. The van der Waals surface area contributed by atoms with Gasteiger partial charge in [0.2, 0.25) is 11.8 Å². The maximum Gasteiger partial charge on any atom is 0.229 e. The summed E-state index contributed by atoms with van der Waals surface area (Å²) >= 11 is 1.50. The summed E-state index contributed by atoms with van der Waals surface area (Å²) in [6, 6.07) is 13.9. The number of thioether (sulfide) groups is 1. The number of hydrogen-bond acceptors (Lipinski definition) is 6. The van der Waals surface area contributed by atoms with Crippen molar-refractivity contribution in [3.63, 3.8) is 0 Å². The van der Waals surface area contributed by atoms with Crippen molar-refractivity contribution in [3.05, 3.63) is 60.4 Å². The van der Waals surface area contributed by atoms with E-state index >= 15 is 0 Å². The molecule has 0 unspecified atom stereocenters. The highest BCUT2D eigenvalue weighted by Crippen LogP contribution is 2.25. The molecule has 142 valence electrons. The van der Waals surface area contributed by atoms with E-state index < -0.39 is 0 Å². The number of carbonyl (C=O) groups excluding carboxylic acids is 2. The molecule has 1 aromatic carbocycles. The lowest BCUT2D eigenvalue weighted by atomic mass is 10.2. The van der Waals surface area contributed by atoms with Gasteiger partial charge in [-0.05, 0) is 17.7 Å². The van der Waals surface area contributed by atoms with E-state index in [4.69, 9.17) is 0 Å². The molecule has 0 atom stereocenters. The van der Waals surface area contributed by atoms with Gasteiger partial charge >= 0.3 is 0 Å². The Balaban J connectivity index is 1.55. The lowest BCUT2D eigenvalue weighted by molar-refractivity contribution is -0.137. The van der Waals surface area contributed by atoms with Crippen LogP contribution in [0.5, 0.6) is 0 Å².